The van der Waals surface area contributed by atoms with Crippen molar-refractivity contribution in [2.75, 3.05) is 6.61 Å². The van der Waals surface area contributed by atoms with Crippen LogP contribution in [0.1, 0.15) is 59.8 Å². The monoisotopic (exact) mass is 513 g/mol. The Bertz CT molecular complexity index is 1250. The number of aromatic nitrogens is 2. The molecule has 1 aliphatic carbocycles. The van der Waals surface area contributed by atoms with E-state index in [1.807, 2.05) is 13.0 Å². The Kier molecular flexibility index (Phi) is 8.36. The highest BCUT2D eigenvalue weighted by atomic mass is 19.1. The molecule has 6 nitrogen and oxygen atoms in total. The molecule has 0 radical (unpaired) electrons. The number of halogens is 3. The fourth-order valence-electron chi connectivity index (χ4n) is 5.00. The third-order valence-corrected chi connectivity index (χ3v) is 6.91. The van der Waals surface area contributed by atoms with Crippen molar-refractivity contribution in [3.8, 4) is 11.3 Å². The Labute approximate surface area is 213 Å². The van der Waals surface area contributed by atoms with E-state index in [4.69, 9.17) is 10.5 Å². The molecule has 0 saturated heterocycles. The number of carbonyl (C=O) groups excluding carboxylic acids is 1. The molecule has 9 heteroatoms. The number of benzene rings is 1. The average Bonchev–Trinajstić information content (AvgIpc) is 2.86. The van der Waals surface area contributed by atoms with Gasteiger partial charge in [0.15, 0.2) is 5.78 Å². The van der Waals surface area contributed by atoms with Gasteiger partial charge in [-0.2, -0.15) is 0 Å². The van der Waals surface area contributed by atoms with Gasteiger partial charge in [0, 0.05) is 31.5 Å². The largest absolute Gasteiger partial charge is 0.391 e. The number of aliphatic hydroxyl groups excluding tert-OH is 1. The van der Waals surface area contributed by atoms with Gasteiger partial charge >= 0.3 is 0 Å². The summed E-state index contributed by atoms with van der Waals surface area (Å²) in [5.41, 5.74) is 6.64. The second-order valence-corrected chi connectivity index (χ2v) is 9.57. The summed E-state index contributed by atoms with van der Waals surface area (Å²) in [7, 11) is 0. The molecule has 1 aromatic carbocycles. The SMILES string of the molecule is CCOCc1cc(F)c(-c2nc(C(=O)Cc3cnccc3[C@H]3C[C@@H](N)[C@H](O)[C@@H](C)C3)ccc2F)c(F)c1. The maximum absolute atomic E-state index is 14.8. The van der Waals surface area contributed by atoms with Gasteiger partial charge in [-0.15, -0.1) is 0 Å². The number of hydrogen-bond donors (Lipinski definition) is 2. The molecule has 0 aliphatic heterocycles. The minimum Gasteiger partial charge on any atom is -0.391 e. The van der Waals surface area contributed by atoms with Gasteiger partial charge in [-0.1, -0.05) is 6.92 Å². The highest BCUT2D eigenvalue weighted by Crippen LogP contribution is 2.37. The molecular formula is C28H30F3N3O3. The zero-order valence-electron chi connectivity index (χ0n) is 20.8. The fourth-order valence-corrected chi connectivity index (χ4v) is 5.00. The lowest BCUT2D eigenvalue weighted by Crippen LogP contribution is -2.44. The third kappa shape index (κ3) is 5.89. The van der Waals surface area contributed by atoms with Gasteiger partial charge < -0.3 is 15.6 Å². The van der Waals surface area contributed by atoms with Gasteiger partial charge in [-0.05, 0) is 78.6 Å². The number of hydrogen-bond acceptors (Lipinski definition) is 6. The van der Waals surface area contributed by atoms with E-state index in [2.05, 4.69) is 9.97 Å². The van der Waals surface area contributed by atoms with Crippen LogP contribution in [0.15, 0.2) is 42.7 Å². The molecule has 1 aliphatic rings. The molecule has 4 rings (SSSR count). The number of carbonyl (C=O) groups is 1. The van der Waals surface area contributed by atoms with Crippen molar-refractivity contribution in [2.45, 2.75) is 57.8 Å². The first-order valence-electron chi connectivity index (χ1n) is 12.3. The van der Waals surface area contributed by atoms with Crippen LogP contribution in [0.2, 0.25) is 0 Å². The molecule has 37 heavy (non-hydrogen) atoms. The summed E-state index contributed by atoms with van der Waals surface area (Å²) in [6.45, 7) is 4.08. The van der Waals surface area contributed by atoms with Crippen molar-refractivity contribution in [3.05, 3.63) is 82.6 Å². The van der Waals surface area contributed by atoms with E-state index < -0.39 is 40.6 Å². The first kappa shape index (κ1) is 26.9. The number of ether oxygens (including phenoxy) is 1. The molecule has 3 aromatic rings. The second-order valence-electron chi connectivity index (χ2n) is 9.57. The Balaban J connectivity index is 1.61. The van der Waals surface area contributed by atoms with E-state index in [0.717, 1.165) is 23.8 Å². The molecule has 0 amide bonds. The van der Waals surface area contributed by atoms with E-state index in [9.17, 15) is 23.1 Å². The Morgan fingerprint density at radius 1 is 1.14 bits per heavy atom. The first-order valence-corrected chi connectivity index (χ1v) is 12.3. The van der Waals surface area contributed by atoms with Crippen LogP contribution in [0.3, 0.4) is 0 Å². The summed E-state index contributed by atoms with van der Waals surface area (Å²) in [6.07, 6.45) is 3.83. The van der Waals surface area contributed by atoms with Crippen LogP contribution in [0.5, 0.6) is 0 Å². The van der Waals surface area contributed by atoms with Crippen LogP contribution < -0.4 is 5.73 Å². The molecule has 2 aromatic heterocycles. The first-order chi connectivity index (χ1) is 17.7. The van der Waals surface area contributed by atoms with Crippen molar-refractivity contribution < 1.29 is 27.8 Å². The molecule has 196 valence electrons. The molecular weight excluding hydrogens is 483 g/mol. The van der Waals surface area contributed by atoms with Crippen LogP contribution in [-0.2, 0) is 17.8 Å². The number of rotatable bonds is 8. The number of nitrogens with two attached hydrogens (primary N) is 1. The lowest BCUT2D eigenvalue weighted by Gasteiger charge is -2.36. The third-order valence-electron chi connectivity index (χ3n) is 6.91. The minimum absolute atomic E-state index is 0.00323. The van der Waals surface area contributed by atoms with E-state index in [1.165, 1.54) is 6.07 Å². The fraction of sp³-hybridized carbons (Fsp3) is 0.393. The molecule has 0 bridgehead atoms. The van der Waals surface area contributed by atoms with Crippen LogP contribution >= 0.6 is 0 Å². The maximum Gasteiger partial charge on any atom is 0.185 e. The van der Waals surface area contributed by atoms with Gasteiger partial charge in [0.1, 0.15) is 28.8 Å². The molecule has 1 fully saturated rings. The number of pyridine rings is 2. The van der Waals surface area contributed by atoms with Crippen molar-refractivity contribution >= 4 is 5.78 Å². The maximum atomic E-state index is 14.8. The lowest BCUT2D eigenvalue weighted by atomic mass is 9.74. The quantitative estimate of drug-likeness (QED) is 0.423. The van der Waals surface area contributed by atoms with E-state index >= 15 is 0 Å². The zero-order valence-corrected chi connectivity index (χ0v) is 20.8. The standard InChI is InChI=1S/C28H30F3N3O3/c1-3-37-14-16-9-21(30)26(22(31)10-16)27-20(29)4-5-24(34-27)25(35)12-18-13-33-7-6-19(18)17-8-15(2)28(36)23(32)11-17/h4-7,9-10,13,15,17,23,28,36H,3,8,11-12,14,32H2,1-2H3/t15-,17+,23+,28+/m0/s1. The van der Waals surface area contributed by atoms with Crippen molar-refractivity contribution in [2.24, 2.45) is 11.7 Å². The average molecular weight is 514 g/mol. The van der Waals surface area contributed by atoms with E-state index in [0.29, 0.717) is 25.0 Å². The topological polar surface area (TPSA) is 98.3 Å². The second kappa shape index (κ2) is 11.5. The van der Waals surface area contributed by atoms with Gasteiger partial charge in [0.05, 0.1) is 18.3 Å². The predicted molar refractivity (Wildman–Crippen MR) is 132 cm³/mol. The molecule has 2 heterocycles. The molecule has 1 saturated carbocycles. The summed E-state index contributed by atoms with van der Waals surface area (Å²) >= 11 is 0. The van der Waals surface area contributed by atoms with E-state index in [1.54, 1.807) is 19.3 Å². The van der Waals surface area contributed by atoms with Gasteiger partial charge in [0.2, 0.25) is 0 Å². The van der Waals surface area contributed by atoms with Gasteiger partial charge in [-0.25, -0.2) is 18.2 Å². The van der Waals surface area contributed by atoms with Crippen LogP contribution in [0.25, 0.3) is 11.3 Å². The number of Topliss-reactive ketones (excluding diaryl/α,β-unsaturated/α-hetero) is 1. The van der Waals surface area contributed by atoms with Crippen molar-refractivity contribution in [1.82, 2.24) is 9.97 Å². The van der Waals surface area contributed by atoms with Gasteiger partial charge in [-0.3, -0.25) is 9.78 Å². The summed E-state index contributed by atoms with van der Waals surface area (Å²) in [6, 6.07) is 5.78. The van der Waals surface area contributed by atoms with Crippen LogP contribution in [0, 0.1) is 23.4 Å². The summed E-state index contributed by atoms with van der Waals surface area (Å²) in [5, 5.41) is 10.2. The normalized spacial score (nSPS) is 21.7. The van der Waals surface area contributed by atoms with Crippen molar-refractivity contribution in [1.29, 1.82) is 0 Å². The summed E-state index contributed by atoms with van der Waals surface area (Å²) in [5.74, 6) is -3.35. The number of nitrogens with zero attached hydrogens (tertiary/aromatic N) is 2. The summed E-state index contributed by atoms with van der Waals surface area (Å²) < 4.78 is 49.5. The smallest absolute Gasteiger partial charge is 0.185 e. The van der Waals surface area contributed by atoms with Gasteiger partial charge in [0.25, 0.3) is 0 Å². The zero-order chi connectivity index (χ0) is 26.7. The summed E-state index contributed by atoms with van der Waals surface area (Å²) in [4.78, 5) is 21.4. The van der Waals surface area contributed by atoms with E-state index in [-0.39, 0.29) is 42.2 Å². The highest BCUT2D eigenvalue weighted by molar-refractivity contribution is 5.96. The van der Waals surface area contributed by atoms with Crippen LogP contribution in [0.4, 0.5) is 13.2 Å². The highest BCUT2D eigenvalue weighted by Gasteiger charge is 2.34. The lowest BCUT2D eigenvalue weighted by molar-refractivity contribution is 0.0519. The molecule has 0 spiro atoms. The molecule has 3 N–H and O–H groups in total. The Morgan fingerprint density at radius 2 is 1.86 bits per heavy atom. The van der Waals surface area contributed by atoms with Crippen LogP contribution in [-0.4, -0.2) is 39.6 Å². The Hall–Kier alpha value is -3.14. The Morgan fingerprint density at radius 3 is 2.54 bits per heavy atom. The molecule has 0 unspecified atom stereocenters. The number of aliphatic hydroxyl groups is 1. The van der Waals surface area contributed by atoms with Crippen molar-refractivity contribution in [3.63, 3.8) is 0 Å². The number of ketones is 1. The predicted octanol–water partition coefficient (Wildman–Crippen LogP) is 4.72. The minimum atomic E-state index is -0.995. The molecule has 4 atom stereocenters.